The van der Waals surface area contributed by atoms with E-state index in [0.717, 1.165) is 0 Å². The van der Waals surface area contributed by atoms with E-state index < -0.39 is 0 Å². The average molecular weight is 426 g/mol. The summed E-state index contributed by atoms with van der Waals surface area (Å²) in [7, 11) is 0. The topological polar surface area (TPSA) is 72.1 Å². The molecule has 0 bridgehead atoms. The monoisotopic (exact) mass is 424 g/mol. The zero-order valence-corrected chi connectivity index (χ0v) is 16.8. The highest BCUT2D eigenvalue weighted by Gasteiger charge is 2.23. The van der Waals surface area contributed by atoms with Gasteiger partial charge in [-0.15, -0.1) is 10.2 Å². The maximum Gasteiger partial charge on any atom is 0.256 e. The summed E-state index contributed by atoms with van der Waals surface area (Å²) in [4.78, 5) is 18.4. The van der Waals surface area contributed by atoms with Crippen LogP contribution in [0.25, 0.3) is 11.5 Å². The molecule has 0 aliphatic rings. The Labute approximate surface area is 171 Å². The Morgan fingerprint density at radius 2 is 1.89 bits per heavy atom. The van der Waals surface area contributed by atoms with Crippen molar-refractivity contribution in [3.05, 3.63) is 63.2 Å². The van der Waals surface area contributed by atoms with Gasteiger partial charge in [-0.2, -0.15) is 0 Å². The summed E-state index contributed by atoms with van der Waals surface area (Å²) >= 11 is 17.9. The van der Waals surface area contributed by atoms with Gasteiger partial charge in [-0.3, -0.25) is 4.79 Å². The molecule has 1 aromatic carbocycles. The maximum absolute atomic E-state index is 12.9. The Balaban J connectivity index is 1.84. The normalized spacial score (nSPS) is 11.0. The van der Waals surface area contributed by atoms with Crippen molar-refractivity contribution >= 4 is 40.7 Å². The van der Waals surface area contributed by atoms with Crippen molar-refractivity contribution in [2.45, 2.75) is 26.4 Å². The molecule has 0 aliphatic carbocycles. The second-order valence-electron chi connectivity index (χ2n) is 6.00. The molecule has 3 aromatic rings. The summed E-state index contributed by atoms with van der Waals surface area (Å²) in [5.74, 6) is 0.316. The number of carbonyl (C=O) groups excluding carboxylic acids is 1. The van der Waals surface area contributed by atoms with E-state index in [-0.39, 0.29) is 28.7 Å². The van der Waals surface area contributed by atoms with Crippen molar-refractivity contribution in [2.24, 2.45) is 0 Å². The van der Waals surface area contributed by atoms with E-state index in [0.29, 0.717) is 27.9 Å². The minimum absolute atomic E-state index is 0.123. The van der Waals surface area contributed by atoms with Crippen LogP contribution in [0.4, 0.5) is 0 Å². The molecule has 3 rings (SSSR count). The van der Waals surface area contributed by atoms with Gasteiger partial charge in [-0.05, 0) is 32.0 Å². The molecular weight excluding hydrogens is 411 g/mol. The SMILES string of the molecule is CC(C)N(Cc1nnc(-c2ccccc2Cl)o1)C(=O)c1cnc(Cl)c(Cl)c1. The van der Waals surface area contributed by atoms with E-state index in [4.69, 9.17) is 39.2 Å². The van der Waals surface area contributed by atoms with Crippen molar-refractivity contribution < 1.29 is 9.21 Å². The molecule has 9 heteroatoms. The minimum Gasteiger partial charge on any atom is -0.419 e. The van der Waals surface area contributed by atoms with Crippen molar-refractivity contribution in [1.29, 1.82) is 0 Å². The molecule has 0 unspecified atom stereocenters. The molecule has 0 radical (unpaired) electrons. The van der Waals surface area contributed by atoms with Crippen molar-refractivity contribution in [2.75, 3.05) is 0 Å². The zero-order chi connectivity index (χ0) is 19.6. The quantitative estimate of drug-likeness (QED) is 0.529. The Bertz CT molecular complexity index is 975. The lowest BCUT2D eigenvalue weighted by Crippen LogP contribution is -2.36. The van der Waals surface area contributed by atoms with E-state index in [1.54, 1.807) is 17.0 Å². The zero-order valence-electron chi connectivity index (χ0n) is 14.5. The van der Waals surface area contributed by atoms with Crippen LogP contribution in [0.15, 0.2) is 40.9 Å². The van der Waals surface area contributed by atoms with Crippen molar-refractivity contribution in [3.63, 3.8) is 0 Å². The standard InChI is InChI=1S/C18H15Cl3N4O2/c1-10(2)25(18(26)11-7-14(20)16(21)22-8-11)9-15-23-24-17(27-15)12-5-3-4-6-13(12)19/h3-8,10H,9H2,1-2H3. The third kappa shape index (κ3) is 4.40. The lowest BCUT2D eigenvalue weighted by molar-refractivity contribution is 0.0672. The number of halogens is 3. The summed E-state index contributed by atoms with van der Waals surface area (Å²) in [5, 5.41) is 8.92. The van der Waals surface area contributed by atoms with Crippen molar-refractivity contribution in [1.82, 2.24) is 20.1 Å². The summed E-state index contributed by atoms with van der Waals surface area (Å²) < 4.78 is 5.70. The van der Waals surface area contributed by atoms with Gasteiger partial charge in [0.2, 0.25) is 11.8 Å². The van der Waals surface area contributed by atoms with Crippen LogP contribution in [0.5, 0.6) is 0 Å². The number of nitrogens with zero attached hydrogens (tertiary/aromatic N) is 4. The first-order valence-corrected chi connectivity index (χ1v) is 9.19. The van der Waals surface area contributed by atoms with E-state index in [2.05, 4.69) is 15.2 Å². The molecule has 2 heterocycles. The van der Waals surface area contributed by atoms with Gasteiger partial charge in [0.15, 0.2) is 0 Å². The molecule has 0 N–H and O–H groups in total. The molecule has 140 valence electrons. The highest BCUT2D eigenvalue weighted by molar-refractivity contribution is 6.41. The van der Waals surface area contributed by atoms with Gasteiger partial charge in [-0.25, -0.2) is 4.98 Å². The average Bonchev–Trinajstić information content (AvgIpc) is 3.10. The first-order valence-electron chi connectivity index (χ1n) is 8.06. The molecule has 27 heavy (non-hydrogen) atoms. The molecule has 2 aromatic heterocycles. The molecule has 1 amide bonds. The molecule has 0 saturated heterocycles. The van der Waals surface area contributed by atoms with Crippen LogP contribution in [0.3, 0.4) is 0 Å². The van der Waals surface area contributed by atoms with Gasteiger partial charge in [-0.1, -0.05) is 46.9 Å². The van der Waals surface area contributed by atoms with Gasteiger partial charge in [0, 0.05) is 12.2 Å². The fourth-order valence-electron chi connectivity index (χ4n) is 2.40. The Hall–Kier alpha value is -2.15. The van der Waals surface area contributed by atoms with Crippen molar-refractivity contribution in [3.8, 4) is 11.5 Å². The largest absolute Gasteiger partial charge is 0.419 e. The highest BCUT2D eigenvalue weighted by Crippen LogP contribution is 2.27. The smallest absolute Gasteiger partial charge is 0.256 e. The van der Waals surface area contributed by atoms with Crippen LogP contribution < -0.4 is 0 Å². The van der Waals surface area contributed by atoms with Crippen LogP contribution in [0.2, 0.25) is 15.2 Å². The second-order valence-corrected chi connectivity index (χ2v) is 7.18. The lowest BCUT2D eigenvalue weighted by Gasteiger charge is -2.25. The van der Waals surface area contributed by atoms with E-state index >= 15 is 0 Å². The number of amides is 1. The van der Waals surface area contributed by atoms with E-state index in [1.807, 2.05) is 26.0 Å². The maximum atomic E-state index is 12.9. The number of carbonyl (C=O) groups is 1. The van der Waals surface area contributed by atoms with Crippen LogP contribution in [0, 0.1) is 0 Å². The van der Waals surface area contributed by atoms with Gasteiger partial charge >= 0.3 is 0 Å². The number of aromatic nitrogens is 3. The fourth-order valence-corrected chi connectivity index (χ4v) is 2.89. The van der Waals surface area contributed by atoms with Crippen LogP contribution >= 0.6 is 34.8 Å². The molecule has 0 fully saturated rings. The summed E-state index contributed by atoms with van der Waals surface area (Å²) in [6.45, 7) is 3.90. The van der Waals surface area contributed by atoms with Gasteiger partial charge < -0.3 is 9.32 Å². The summed E-state index contributed by atoms with van der Waals surface area (Å²) in [6.07, 6.45) is 1.38. The number of pyridine rings is 1. The molecule has 0 aliphatic heterocycles. The summed E-state index contributed by atoms with van der Waals surface area (Å²) in [5.41, 5.74) is 0.956. The first kappa shape index (κ1) is 19.6. The predicted octanol–water partition coefficient (Wildman–Crippen LogP) is 5.14. The van der Waals surface area contributed by atoms with Gasteiger partial charge in [0.1, 0.15) is 5.15 Å². The van der Waals surface area contributed by atoms with Gasteiger partial charge in [0.25, 0.3) is 5.91 Å². The molecule has 6 nitrogen and oxygen atoms in total. The molecular formula is C18H15Cl3N4O2. The molecule has 0 atom stereocenters. The van der Waals surface area contributed by atoms with E-state index in [1.165, 1.54) is 12.3 Å². The minimum atomic E-state index is -0.270. The van der Waals surface area contributed by atoms with Crippen LogP contribution in [0.1, 0.15) is 30.1 Å². The molecule has 0 spiro atoms. The number of benzene rings is 1. The molecule has 0 saturated carbocycles. The predicted molar refractivity (Wildman–Crippen MR) is 104 cm³/mol. The first-order chi connectivity index (χ1) is 12.9. The number of rotatable bonds is 5. The Morgan fingerprint density at radius 1 is 1.15 bits per heavy atom. The Morgan fingerprint density at radius 3 is 2.56 bits per heavy atom. The lowest BCUT2D eigenvalue weighted by atomic mass is 10.2. The van der Waals surface area contributed by atoms with E-state index in [9.17, 15) is 4.79 Å². The fraction of sp³-hybridized carbons (Fsp3) is 0.222. The highest BCUT2D eigenvalue weighted by atomic mass is 35.5. The number of hydrogen-bond donors (Lipinski definition) is 0. The second kappa shape index (κ2) is 8.25. The summed E-state index contributed by atoms with van der Waals surface area (Å²) in [6, 6.07) is 8.52. The van der Waals surface area contributed by atoms with Gasteiger partial charge in [0.05, 0.1) is 27.7 Å². The van der Waals surface area contributed by atoms with Crippen LogP contribution in [-0.2, 0) is 6.54 Å². The third-order valence-electron chi connectivity index (χ3n) is 3.80. The van der Waals surface area contributed by atoms with Crippen LogP contribution in [-0.4, -0.2) is 32.0 Å². The third-order valence-corrected chi connectivity index (χ3v) is 4.82. The number of hydrogen-bond acceptors (Lipinski definition) is 5. The Kier molecular flexibility index (Phi) is 5.99.